The third-order valence-corrected chi connectivity index (χ3v) is 22.5. The Bertz CT molecular complexity index is 6910. The van der Waals surface area contributed by atoms with Crippen molar-refractivity contribution >= 4 is 185 Å². The Hall–Kier alpha value is -11.7. The number of para-hydroxylation sites is 2. The minimum absolute atomic E-state index is 0.257. The summed E-state index contributed by atoms with van der Waals surface area (Å²) >= 11 is 30.0. The first-order chi connectivity index (χ1) is 52.2. The highest BCUT2D eigenvalue weighted by atomic mass is 35.5. The van der Waals surface area contributed by atoms with Crippen LogP contribution in [0.4, 0.5) is 0 Å². The van der Waals surface area contributed by atoms with Gasteiger partial charge in [0, 0.05) is 79.7 Å². The fourth-order valence-corrected chi connectivity index (χ4v) is 18.1. The van der Waals surface area contributed by atoms with E-state index in [2.05, 4.69) is 251 Å². The summed E-state index contributed by atoms with van der Waals surface area (Å²) < 4.78 is 5.80. The lowest BCUT2D eigenvalue weighted by Crippen LogP contribution is -1.98. The maximum absolute atomic E-state index is 6.32. The minimum Gasteiger partial charge on any atom is -0.306 e. The van der Waals surface area contributed by atoms with Gasteiger partial charge in [0.15, 0.2) is 0 Å². The van der Waals surface area contributed by atoms with Crippen LogP contribution in [0, 0.1) is 0 Å². The first-order valence-electron chi connectivity index (χ1n) is 34.1. The van der Waals surface area contributed by atoms with Crippen molar-refractivity contribution in [1.82, 2.24) is 44.4 Å². The van der Waals surface area contributed by atoms with Crippen LogP contribution in [0.15, 0.2) is 322 Å². The number of rotatable bonds is 7. The Morgan fingerprint density at radius 3 is 1.23 bits per heavy atom. The lowest BCUT2D eigenvalue weighted by molar-refractivity contribution is 1.15. The molecule has 0 fully saturated rings. The molecular weight excluding hydrogens is 1450 g/mol. The van der Waals surface area contributed by atoms with Crippen molar-refractivity contribution in [2.24, 2.45) is 0 Å². The van der Waals surface area contributed by atoms with E-state index in [9.17, 15) is 0 Å². The molecule has 0 atom stereocenters. The van der Waals surface area contributed by atoms with E-state index in [0.29, 0.717) is 0 Å². The summed E-state index contributed by atoms with van der Waals surface area (Å²) in [5.74, 6) is 0. The molecular formula is C90H53Cl4N9S3. The van der Waals surface area contributed by atoms with Gasteiger partial charge in [-0.3, -0.25) is 0 Å². The Labute approximate surface area is 639 Å². The van der Waals surface area contributed by atoms with Crippen molar-refractivity contribution in [2.75, 3.05) is 0 Å². The highest BCUT2D eigenvalue weighted by Crippen LogP contribution is 2.45. The summed E-state index contributed by atoms with van der Waals surface area (Å²) in [5, 5.41) is 13.8. The highest BCUT2D eigenvalue weighted by molar-refractivity contribution is 7.26. The molecule has 0 N–H and O–H groups in total. The smallest absolute Gasteiger partial charge is 0.224 e. The number of hydrogen-bond acceptors (Lipinski definition) is 11. The molecule has 0 aliphatic rings. The van der Waals surface area contributed by atoms with Gasteiger partial charge in [-0.1, -0.05) is 267 Å². The lowest BCUT2D eigenvalue weighted by Gasteiger charge is -2.10. The standard InChI is InChI=1S/C26H15ClN2S.C22H14ClN3.C22H13ClN2S.C20H11ClN2S/c27-26-28-24(23-21-12-3-4-14-22(21)30-25(23)29-26)18-10-5-9-17(15-18)20-13-6-8-16-7-1-2-11-19(16)20;23-22-24-19(15-9-3-1-4-10-15)21-20(25-22)17-13-7-8-14-18(17)26(21)16-11-5-2-6-12-16;23-22-24-20(19-17-11-4-5-12-18(17)26-21(19)25-22)16-10-6-9-15(13-16)14-7-2-1-3-8-14;21-20-22-18(12-6-2-1-3-7-12)17-15-10-13-8-4-5-9-14(13)11-16(15)24-19(17)23-20/h1-15H;1-14H;1-13H;1-11H. The van der Waals surface area contributed by atoms with Crippen molar-refractivity contribution in [2.45, 2.75) is 0 Å². The first kappa shape index (κ1) is 66.3. The summed E-state index contributed by atoms with van der Waals surface area (Å²) in [6, 6.07) is 111. The van der Waals surface area contributed by atoms with Crippen LogP contribution in [0.5, 0.6) is 0 Å². The summed E-state index contributed by atoms with van der Waals surface area (Å²) in [6.45, 7) is 0. The van der Waals surface area contributed by atoms with Crippen LogP contribution >= 0.6 is 80.4 Å². The van der Waals surface area contributed by atoms with Crippen molar-refractivity contribution in [3.05, 3.63) is 343 Å². The van der Waals surface area contributed by atoms with Gasteiger partial charge < -0.3 is 4.57 Å². The van der Waals surface area contributed by atoms with Gasteiger partial charge in [0.1, 0.15) is 20.0 Å². The molecule has 0 spiro atoms. The molecule has 0 radical (unpaired) electrons. The Kier molecular flexibility index (Phi) is 18.0. The van der Waals surface area contributed by atoms with E-state index in [1.165, 1.54) is 62.9 Å². The normalized spacial score (nSPS) is 11.4. The van der Waals surface area contributed by atoms with Gasteiger partial charge in [-0.15, -0.1) is 34.0 Å². The van der Waals surface area contributed by atoms with E-state index in [-0.39, 0.29) is 21.1 Å². The molecule has 21 aromatic rings. The van der Waals surface area contributed by atoms with Crippen LogP contribution in [-0.2, 0) is 0 Å². The maximum Gasteiger partial charge on any atom is 0.224 e. The molecule has 0 aliphatic carbocycles. The molecule has 106 heavy (non-hydrogen) atoms. The molecule has 0 saturated heterocycles. The number of nitrogens with zero attached hydrogens (tertiary/aromatic N) is 9. The third-order valence-electron chi connectivity index (χ3n) is 18.7. The van der Waals surface area contributed by atoms with Crippen molar-refractivity contribution < 1.29 is 0 Å². The monoisotopic (exact) mass is 1500 g/mol. The molecule has 504 valence electrons. The van der Waals surface area contributed by atoms with Crippen molar-refractivity contribution in [3.63, 3.8) is 0 Å². The number of thiophene rings is 3. The predicted octanol–water partition coefficient (Wildman–Crippen LogP) is 27.0. The average Bonchev–Trinajstić information content (AvgIpc) is 1.57. The Morgan fingerprint density at radius 1 is 0.245 bits per heavy atom. The van der Waals surface area contributed by atoms with Crippen LogP contribution in [-0.4, -0.2) is 44.4 Å². The van der Waals surface area contributed by atoms with Gasteiger partial charge >= 0.3 is 0 Å². The van der Waals surface area contributed by atoms with E-state index >= 15 is 0 Å². The third kappa shape index (κ3) is 12.8. The second-order valence-electron chi connectivity index (χ2n) is 25.1. The van der Waals surface area contributed by atoms with Crippen LogP contribution in [0.3, 0.4) is 0 Å². The second-order valence-corrected chi connectivity index (χ2v) is 29.5. The molecule has 13 aromatic carbocycles. The lowest BCUT2D eigenvalue weighted by atomic mass is 9.96. The van der Waals surface area contributed by atoms with E-state index in [0.717, 1.165) is 114 Å². The molecule has 0 saturated carbocycles. The number of fused-ring (bicyclic) bond motifs is 14. The quantitative estimate of drug-likeness (QED) is 0.145. The van der Waals surface area contributed by atoms with Gasteiger partial charge in [0.25, 0.3) is 0 Å². The zero-order chi connectivity index (χ0) is 71.2. The minimum atomic E-state index is 0.257. The average molecular weight is 1500 g/mol. The van der Waals surface area contributed by atoms with Crippen LogP contribution in [0.25, 0.3) is 177 Å². The molecule has 8 heterocycles. The van der Waals surface area contributed by atoms with Crippen LogP contribution in [0.1, 0.15) is 0 Å². The van der Waals surface area contributed by atoms with E-state index in [4.69, 9.17) is 46.4 Å². The molecule has 21 rings (SSSR count). The zero-order valence-corrected chi connectivity index (χ0v) is 61.3. The Morgan fingerprint density at radius 2 is 0.632 bits per heavy atom. The summed E-state index contributed by atoms with van der Waals surface area (Å²) in [4.78, 5) is 39.1. The molecule has 9 nitrogen and oxygen atoms in total. The summed E-state index contributed by atoms with van der Waals surface area (Å²) in [6.07, 6.45) is 0. The topological polar surface area (TPSA) is 108 Å². The van der Waals surface area contributed by atoms with Gasteiger partial charge in [-0.25, -0.2) is 39.9 Å². The number of benzene rings is 13. The van der Waals surface area contributed by atoms with Gasteiger partial charge in [0.05, 0.1) is 33.8 Å². The SMILES string of the molecule is Clc1nc(-c2cccc(-c3cccc4ccccc34)c2)c2c(n1)sc1ccccc12.Clc1nc(-c2cccc(-c3ccccc3)c2)c2c(n1)sc1ccccc12.Clc1nc(-c2ccccc2)c2c(n1)c1ccccc1n2-c1ccccc1.Clc1nc(-c2ccccc2)c2c(n1)sc1cc3ccccc3cc12. The second kappa shape index (κ2) is 28.8. The van der Waals surface area contributed by atoms with Gasteiger partial charge in [-0.2, -0.15) is 0 Å². The van der Waals surface area contributed by atoms with Gasteiger partial charge in [0.2, 0.25) is 21.1 Å². The number of aromatic nitrogens is 9. The molecule has 0 aliphatic heterocycles. The summed E-state index contributed by atoms with van der Waals surface area (Å²) in [5.41, 5.74) is 16.3. The fraction of sp³-hybridized carbons (Fsp3) is 0. The highest BCUT2D eigenvalue weighted by Gasteiger charge is 2.22. The van der Waals surface area contributed by atoms with Crippen molar-refractivity contribution in [3.8, 4) is 73.0 Å². The molecule has 0 bridgehead atoms. The Balaban J connectivity index is 0.000000100. The zero-order valence-electron chi connectivity index (χ0n) is 55.9. The van der Waals surface area contributed by atoms with E-state index in [1.807, 2.05) is 115 Å². The molecule has 0 amide bonds. The molecule has 16 heteroatoms. The van der Waals surface area contributed by atoms with Crippen molar-refractivity contribution in [1.29, 1.82) is 0 Å². The molecule has 0 unspecified atom stereocenters. The predicted molar refractivity (Wildman–Crippen MR) is 449 cm³/mol. The maximum atomic E-state index is 6.32. The largest absolute Gasteiger partial charge is 0.306 e. The first-order valence-corrected chi connectivity index (χ1v) is 38.0. The number of hydrogen-bond donors (Lipinski definition) is 0. The molecule has 8 aromatic heterocycles. The fourth-order valence-electron chi connectivity index (χ4n) is 14.0. The summed E-state index contributed by atoms with van der Waals surface area (Å²) in [7, 11) is 0. The van der Waals surface area contributed by atoms with Gasteiger partial charge in [-0.05, 0) is 145 Å². The van der Waals surface area contributed by atoms with E-state index < -0.39 is 0 Å². The van der Waals surface area contributed by atoms with Crippen LogP contribution in [0.2, 0.25) is 21.1 Å². The number of halogens is 4. The van der Waals surface area contributed by atoms with E-state index in [1.54, 1.807) is 34.0 Å². The van der Waals surface area contributed by atoms with Crippen LogP contribution < -0.4 is 0 Å².